The highest BCUT2D eigenvalue weighted by molar-refractivity contribution is 5.95. The Morgan fingerprint density at radius 1 is 1.22 bits per heavy atom. The van der Waals surface area contributed by atoms with Crippen molar-refractivity contribution < 1.29 is 19.2 Å². The van der Waals surface area contributed by atoms with Gasteiger partial charge in [-0.25, -0.2) is 5.43 Å². The summed E-state index contributed by atoms with van der Waals surface area (Å²) in [6.07, 6.45) is 3.48. The van der Waals surface area contributed by atoms with Crippen LogP contribution in [0, 0.1) is 10.1 Å². The van der Waals surface area contributed by atoms with Crippen LogP contribution < -0.4 is 14.9 Å². The Bertz CT molecular complexity index is 819. The third-order valence-corrected chi connectivity index (χ3v) is 3.66. The highest BCUT2D eigenvalue weighted by Gasteiger charge is 2.09. The second-order valence-corrected chi connectivity index (χ2v) is 5.62. The van der Waals surface area contributed by atoms with E-state index >= 15 is 0 Å². The van der Waals surface area contributed by atoms with Gasteiger partial charge in [0, 0.05) is 17.7 Å². The van der Waals surface area contributed by atoms with Crippen LogP contribution in [0.2, 0.25) is 0 Å². The van der Waals surface area contributed by atoms with E-state index < -0.39 is 10.8 Å². The Kier molecular flexibility index (Phi) is 7.30. The highest BCUT2D eigenvalue weighted by atomic mass is 16.6. The monoisotopic (exact) mass is 371 g/mol. The molecule has 0 heterocycles. The van der Waals surface area contributed by atoms with Crippen LogP contribution >= 0.6 is 0 Å². The van der Waals surface area contributed by atoms with Crippen molar-refractivity contribution in [2.45, 2.75) is 19.8 Å². The normalized spacial score (nSPS) is 10.6. The van der Waals surface area contributed by atoms with Gasteiger partial charge in [-0.15, -0.1) is 0 Å². The molecule has 0 saturated heterocycles. The first-order valence-corrected chi connectivity index (χ1v) is 8.44. The number of nitro groups is 1. The molecule has 0 spiro atoms. The van der Waals surface area contributed by atoms with E-state index in [4.69, 9.17) is 9.47 Å². The van der Waals surface area contributed by atoms with E-state index in [2.05, 4.69) is 17.5 Å². The number of nitro benzene ring substituents is 1. The maximum atomic E-state index is 12.0. The summed E-state index contributed by atoms with van der Waals surface area (Å²) in [6.45, 7) is 2.71. The average molecular weight is 371 g/mol. The van der Waals surface area contributed by atoms with Crippen molar-refractivity contribution in [1.82, 2.24) is 5.43 Å². The molecule has 0 fully saturated rings. The van der Waals surface area contributed by atoms with Gasteiger partial charge in [0.2, 0.25) is 0 Å². The fourth-order valence-electron chi connectivity index (χ4n) is 2.17. The molecule has 0 aromatic heterocycles. The highest BCUT2D eigenvalue weighted by Crippen LogP contribution is 2.27. The maximum Gasteiger partial charge on any atom is 0.271 e. The molecule has 0 atom stereocenters. The molecular weight excluding hydrogens is 350 g/mol. The number of methoxy groups -OCH3 is 1. The molecule has 27 heavy (non-hydrogen) atoms. The van der Waals surface area contributed by atoms with Gasteiger partial charge in [-0.05, 0) is 42.3 Å². The van der Waals surface area contributed by atoms with Gasteiger partial charge in [-0.2, -0.15) is 5.10 Å². The van der Waals surface area contributed by atoms with E-state index in [1.165, 1.54) is 30.5 Å². The number of amides is 1. The molecule has 2 rings (SSSR count). The quantitative estimate of drug-likeness (QED) is 0.314. The number of unbranched alkanes of at least 4 members (excludes halogenated alkanes) is 1. The van der Waals surface area contributed by atoms with E-state index in [0.29, 0.717) is 18.1 Å². The van der Waals surface area contributed by atoms with E-state index in [1.807, 2.05) is 0 Å². The zero-order valence-electron chi connectivity index (χ0n) is 15.2. The Morgan fingerprint density at radius 3 is 2.59 bits per heavy atom. The summed E-state index contributed by atoms with van der Waals surface area (Å²) in [5.41, 5.74) is 3.29. The molecule has 0 unspecified atom stereocenters. The summed E-state index contributed by atoms with van der Waals surface area (Å²) in [5, 5.41) is 14.5. The molecule has 0 aliphatic carbocycles. The first-order chi connectivity index (χ1) is 13.0. The summed E-state index contributed by atoms with van der Waals surface area (Å²) in [6, 6.07) is 10.6. The first-order valence-electron chi connectivity index (χ1n) is 8.44. The van der Waals surface area contributed by atoms with Gasteiger partial charge in [0.15, 0.2) is 11.5 Å². The molecule has 0 aliphatic heterocycles. The van der Waals surface area contributed by atoms with Crippen LogP contribution in [0.25, 0.3) is 0 Å². The van der Waals surface area contributed by atoms with Crippen molar-refractivity contribution in [3.8, 4) is 11.5 Å². The molecule has 1 N–H and O–H groups in total. The van der Waals surface area contributed by atoms with Gasteiger partial charge in [0.25, 0.3) is 11.6 Å². The van der Waals surface area contributed by atoms with E-state index in [1.54, 1.807) is 25.3 Å². The lowest BCUT2D eigenvalue weighted by molar-refractivity contribution is -0.384. The number of hydrogen-bond donors (Lipinski definition) is 1. The standard InChI is InChI=1S/C19H21N3O5/c1-3-4-11-27-17-10-5-14(12-18(17)26-2)13-20-21-19(23)15-6-8-16(9-7-15)22(24)25/h5-10,12-13H,3-4,11H2,1-2H3,(H,21,23)/b20-13-. The average Bonchev–Trinajstić information content (AvgIpc) is 2.68. The molecule has 2 aromatic rings. The lowest BCUT2D eigenvalue weighted by atomic mass is 10.2. The van der Waals surface area contributed by atoms with Gasteiger partial charge in [0.05, 0.1) is 24.9 Å². The number of benzene rings is 2. The summed E-state index contributed by atoms with van der Waals surface area (Å²) in [4.78, 5) is 22.1. The number of carbonyl (C=O) groups excluding carboxylic acids is 1. The van der Waals surface area contributed by atoms with E-state index in [0.717, 1.165) is 18.4 Å². The fraction of sp³-hybridized carbons (Fsp3) is 0.263. The Hall–Kier alpha value is -3.42. The smallest absolute Gasteiger partial charge is 0.271 e. The summed E-state index contributed by atoms with van der Waals surface area (Å²) >= 11 is 0. The lowest BCUT2D eigenvalue weighted by Crippen LogP contribution is -2.17. The van der Waals surface area contributed by atoms with Gasteiger partial charge >= 0.3 is 0 Å². The third-order valence-electron chi connectivity index (χ3n) is 3.66. The second-order valence-electron chi connectivity index (χ2n) is 5.62. The molecule has 0 aliphatic rings. The van der Waals surface area contributed by atoms with Crippen LogP contribution in [0.3, 0.4) is 0 Å². The maximum absolute atomic E-state index is 12.0. The minimum absolute atomic E-state index is 0.0802. The molecule has 2 aromatic carbocycles. The van der Waals surface area contributed by atoms with Gasteiger partial charge < -0.3 is 9.47 Å². The molecule has 8 heteroatoms. The minimum atomic E-state index is -0.525. The molecule has 142 valence electrons. The van der Waals surface area contributed by atoms with Crippen molar-refractivity contribution >= 4 is 17.8 Å². The number of nitrogens with one attached hydrogen (secondary N) is 1. The van der Waals surface area contributed by atoms with Crippen molar-refractivity contribution in [3.63, 3.8) is 0 Å². The molecule has 0 bridgehead atoms. The molecule has 8 nitrogen and oxygen atoms in total. The topological polar surface area (TPSA) is 103 Å². The number of nitrogens with zero attached hydrogens (tertiary/aromatic N) is 2. The Balaban J connectivity index is 1.98. The summed E-state index contributed by atoms with van der Waals surface area (Å²) in [5.74, 6) is 0.766. The largest absolute Gasteiger partial charge is 0.493 e. The number of hydrazone groups is 1. The predicted octanol–water partition coefficient (Wildman–Crippen LogP) is 3.55. The minimum Gasteiger partial charge on any atom is -0.493 e. The van der Waals surface area contributed by atoms with Crippen molar-refractivity contribution in [3.05, 3.63) is 63.7 Å². The Labute approximate surface area is 157 Å². The number of carbonyl (C=O) groups is 1. The fourth-order valence-corrected chi connectivity index (χ4v) is 2.17. The van der Waals surface area contributed by atoms with Crippen LogP contribution in [0.5, 0.6) is 11.5 Å². The number of non-ortho nitro benzene ring substituents is 1. The number of ether oxygens (including phenoxy) is 2. The Morgan fingerprint density at radius 2 is 1.96 bits per heavy atom. The van der Waals surface area contributed by atoms with Gasteiger partial charge in [-0.1, -0.05) is 13.3 Å². The zero-order chi connectivity index (χ0) is 19.6. The molecule has 0 saturated carbocycles. The van der Waals surface area contributed by atoms with Gasteiger partial charge in [0.1, 0.15) is 0 Å². The zero-order valence-corrected chi connectivity index (χ0v) is 15.2. The lowest BCUT2D eigenvalue weighted by Gasteiger charge is -2.10. The van der Waals surface area contributed by atoms with Crippen molar-refractivity contribution in [2.75, 3.05) is 13.7 Å². The number of rotatable bonds is 9. The van der Waals surface area contributed by atoms with Crippen LogP contribution in [-0.4, -0.2) is 30.8 Å². The van der Waals surface area contributed by atoms with Gasteiger partial charge in [-0.3, -0.25) is 14.9 Å². The second kappa shape index (κ2) is 9.91. The molecule has 0 radical (unpaired) electrons. The third kappa shape index (κ3) is 5.81. The summed E-state index contributed by atoms with van der Waals surface area (Å²) in [7, 11) is 1.55. The SMILES string of the molecule is CCCCOc1ccc(/C=N\NC(=O)c2ccc([N+](=O)[O-])cc2)cc1OC. The van der Waals surface area contributed by atoms with Crippen molar-refractivity contribution in [2.24, 2.45) is 5.10 Å². The first kappa shape index (κ1) is 19.9. The van der Waals surface area contributed by atoms with Crippen LogP contribution in [-0.2, 0) is 0 Å². The summed E-state index contributed by atoms with van der Waals surface area (Å²) < 4.78 is 11.0. The molecular formula is C19H21N3O5. The van der Waals surface area contributed by atoms with Crippen molar-refractivity contribution in [1.29, 1.82) is 0 Å². The van der Waals surface area contributed by atoms with Crippen LogP contribution in [0.4, 0.5) is 5.69 Å². The van der Waals surface area contributed by atoms with Crippen LogP contribution in [0.15, 0.2) is 47.6 Å². The molecule has 1 amide bonds. The van der Waals surface area contributed by atoms with Crippen LogP contribution in [0.1, 0.15) is 35.7 Å². The number of hydrogen-bond acceptors (Lipinski definition) is 6. The van der Waals surface area contributed by atoms with E-state index in [9.17, 15) is 14.9 Å². The predicted molar refractivity (Wildman–Crippen MR) is 102 cm³/mol. The van der Waals surface area contributed by atoms with E-state index in [-0.39, 0.29) is 11.3 Å².